The summed E-state index contributed by atoms with van der Waals surface area (Å²) in [6.07, 6.45) is 0. The quantitative estimate of drug-likeness (QED) is 0.867. The average Bonchev–Trinajstić information content (AvgIpc) is 2.82. The van der Waals surface area contributed by atoms with Crippen molar-refractivity contribution in [3.8, 4) is 0 Å². The monoisotopic (exact) mass is 338 g/mol. The summed E-state index contributed by atoms with van der Waals surface area (Å²) in [6, 6.07) is 13.3. The van der Waals surface area contributed by atoms with Gasteiger partial charge in [-0.1, -0.05) is 12.1 Å². The van der Waals surface area contributed by atoms with E-state index in [0.29, 0.717) is 6.04 Å². The van der Waals surface area contributed by atoms with Crippen molar-refractivity contribution in [2.24, 2.45) is 0 Å². The van der Waals surface area contributed by atoms with Gasteiger partial charge in [-0.05, 0) is 52.7 Å². The molecule has 4 heteroatoms. The summed E-state index contributed by atoms with van der Waals surface area (Å²) >= 11 is 5.27. The first-order valence-electron chi connectivity index (χ1n) is 6.31. The van der Waals surface area contributed by atoms with Crippen LogP contribution in [0.25, 0.3) is 0 Å². The van der Waals surface area contributed by atoms with Crippen LogP contribution in [0.3, 0.4) is 0 Å². The van der Waals surface area contributed by atoms with E-state index in [1.54, 1.807) is 11.3 Å². The van der Waals surface area contributed by atoms with Gasteiger partial charge in [-0.3, -0.25) is 0 Å². The topological polar surface area (TPSA) is 15.3 Å². The lowest BCUT2D eigenvalue weighted by atomic mass is 10.1. The standard InChI is InChI=1S/C15H19BrN2S/c1-11(17-10-14-8-9-15(16)19-14)12-4-6-13(7-5-12)18(2)3/h4-9,11,17H,10H2,1-3H3. The average molecular weight is 339 g/mol. The number of nitrogens with one attached hydrogen (secondary N) is 1. The predicted octanol–water partition coefficient (Wildman–Crippen LogP) is 4.43. The number of hydrogen-bond donors (Lipinski definition) is 1. The lowest BCUT2D eigenvalue weighted by molar-refractivity contribution is 0.579. The highest BCUT2D eigenvalue weighted by Gasteiger charge is 2.06. The van der Waals surface area contributed by atoms with Gasteiger partial charge in [-0.2, -0.15) is 0 Å². The van der Waals surface area contributed by atoms with Crippen LogP contribution >= 0.6 is 27.3 Å². The number of hydrogen-bond acceptors (Lipinski definition) is 3. The van der Waals surface area contributed by atoms with Crippen molar-refractivity contribution >= 4 is 33.0 Å². The Bertz CT molecular complexity index is 519. The Morgan fingerprint density at radius 3 is 2.37 bits per heavy atom. The van der Waals surface area contributed by atoms with Crippen molar-refractivity contribution in [2.45, 2.75) is 19.5 Å². The fourth-order valence-electron chi connectivity index (χ4n) is 1.88. The Morgan fingerprint density at radius 1 is 1.16 bits per heavy atom. The first kappa shape index (κ1) is 14.6. The number of benzene rings is 1. The summed E-state index contributed by atoms with van der Waals surface area (Å²) in [5.74, 6) is 0. The molecule has 0 fully saturated rings. The highest BCUT2D eigenvalue weighted by Crippen LogP contribution is 2.23. The summed E-state index contributed by atoms with van der Waals surface area (Å²) < 4.78 is 1.19. The molecule has 1 unspecified atom stereocenters. The smallest absolute Gasteiger partial charge is 0.0701 e. The predicted molar refractivity (Wildman–Crippen MR) is 88.0 cm³/mol. The van der Waals surface area contributed by atoms with Gasteiger partial charge in [0, 0.05) is 37.2 Å². The number of anilines is 1. The van der Waals surface area contributed by atoms with Crippen LogP contribution in [0.2, 0.25) is 0 Å². The molecule has 1 atom stereocenters. The molecular formula is C15H19BrN2S. The Kier molecular flexibility index (Phi) is 5.02. The number of halogens is 1. The van der Waals surface area contributed by atoms with E-state index in [1.165, 1.54) is 19.9 Å². The molecule has 1 heterocycles. The molecule has 1 N–H and O–H groups in total. The van der Waals surface area contributed by atoms with E-state index in [0.717, 1.165) is 6.54 Å². The van der Waals surface area contributed by atoms with Gasteiger partial charge in [0.1, 0.15) is 0 Å². The van der Waals surface area contributed by atoms with Crippen LogP contribution in [-0.2, 0) is 6.54 Å². The highest BCUT2D eigenvalue weighted by molar-refractivity contribution is 9.11. The maximum Gasteiger partial charge on any atom is 0.0701 e. The third-order valence-electron chi connectivity index (χ3n) is 3.12. The minimum atomic E-state index is 0.358. The van der Waals surface area contributed by atoms with Gasteiger partial charge >= 0.3 is 0 Å². The summed E-state index contributed by atoms with van der Waals surface area (Å²) in [5, 5.41) is 3.55. The van der Waals surface area contributed by atoms with Crippen LogP contribution in [0, 0.1) is 0 Å². The maximum absolute atomic E-state index is 3.55. The van der Waals surface area contributed by atoms with Crippen LogP contribution in [0.5, 0.6) is 0 Å². The molecule has 0 bridgehead atoms. The molecule has 0 aliphatic carbocycles. The second-order valence-electron chi connectivity index (χ2n) is 4.79. The zero-order chi connectivity index (χ0) is 13.8. The van der Waals surface area contributed by atoms with Gasteiger partial charge in [0.25, 0.3) is 0 Å². The second-order valence-corrected chi connectivity index (χ2v) is 7.34. The largest absolute Gasteiger partial charge is 0.378 e. The Hall–Kier alpha value is -0.840. The fraction of sp³-hybridized carbons (Fsp3) is 0.333. The van der Waals surface area contributed by atoms with Gasteiger partial charge in [0.05, 0.1) is 3.79 Å². The van der Waals surface area contributed by atoms with E-state index in [2.05, 4.69) is 83.6 Å². The molecule has 0 saturated heterocycles. The van der Waals surface area contributed by atoms with E-state index in [9.17, 15) is 0 Å². The zero-order valence-electron chi connectivity index (χ0n) is 11.5. The molecule has 1 aromatic carbocycles. The molecule has 0 aliphatic heterocycles. The Labute approximate surface area is 127 Å². The third-order valence-corrected chi connectivity index (χ3v) is 4.74. The second kappa shape index (κ2) is 6.55. The van der Waals surface area contributed by atoms with Gasteiger partial charge in [0.15, 0.2) is 0 Å². The first-order chi connectivity index (χ1) is 9.06. The molecule has 2 aromatic rings. The molecule has 0 amide bonds. The zero-order valence-corrected chi connectivity index (χ0v) is 13.9. The maximum atomic E-state index is 3.55. The first-order valence-corrected chi connectivity index (χ1v) is 7.92. The summed E-state index contributed by atoms with van der Waals surface area (Å²) in [5.41, 5.74) is 2.55. The van der Waals surface area contributed by atoms with Gasteiger partial charge in [-0.25, -0.2) is 0 Å². The molecule has 102 valence electrons. The van der Waals surface area contributed by atoms with E-state index < -0.39 is 0 Å². The molecule has 19 heavy (non-hydrogen) atoms. The van der Waals surface area contributed by atoms with Crippen LogP contribution in [0.1, 0.15) is 23.4 Å². The highest BCUT2D eigenvalue weighted by atomic mass is 79.9. The summed E-state index contributed by atoms with van der Waals surface area (Å²) in [7, 11) is 4.12. The number of rotatable bonds is 5. The van der Waals surface area contributed by atoms with E-state index in [4.69, 9.17) is 0 Å². The normalized spacial score (nSPS) is 12.4. The van der Waals surface area contributed by atoms with Gasteiger partial charge in [-0.15, -0.1) is 11.3 Å². The molecular weight excluding hydrogens is 320 g/mol. The number of thiophene rings is 1. The Morgan fingerprint density at radius 2 is 1.84 bits per heavy atom. The minimum absolute atomic E-state index is 0.358. The SMILES string of the molecule is CC(NCc1ccc(Br)s1)c1ccc(N(C)C)cc1. The van der Waals surface area contributed by atoms with E-state index in [1.807, 2.05) is 0 Å². The minimum Gasteiger partial charge on any atom is -0.378 e. The molecule has 0 spiro atoms. The van der Waals surface area contributed by atoms with Crippen molar-refractivity contribution < 1.29 is 0 Å². The Balaban J connectivity index is 1.94. The third kappa shape index (κ3) is 4.06. The number of nitrogens with zero attached hydrogens (tertiary/aromatic N) is 1. The van der Waals surface area contributed by atoms with Crippen molar-refractivity contribution in [1.82, 2.24) is 5.32 Å². The van der Waals surface area contributed by atoms with E-state index in [-0.39, 0.29) is 0 Å². The summed E-state index contributed by atoms with van der Waals surface area (Å²) in [4.78, 5) is 3.47. The van der Waals surface area contributed by atoms with Crippen LogP contribution in [0.15, 0.2) is 40.2 Å². The van der Waals surface area contributed by atoms with Crippen molar-refractivity contribution in [2.75, 3.05) is 19.0 Å². The molecule has 2 nitrogen and oxygen atoms in total. The lowest BCUT2D eigenvalue weighted by Gasteiger charge is -2.16. The van der Waals surface area contributed by atoms with E-state index >= 15 is 0 Å². The lowest BCUT2D eigenvalue weighted by Crippen LogP contribution is -2.17. The van der Waals surface area contributed by atoms with Crippen molar-refractivity contribution in [3.63, 3.8) is 0 Å². The molecule has 1 aromatic heterocycles. The van der Waals surface area contributed by atoms with Gasteiger partial charge < -0.3 is 10.2 Å². The fourth-order valence-corrected chi connectivity index (χ4v) is 3.31. The molecule has 2 rings (SSSR count). The molecule has 0 aliphatic rings. The molecule has 0 radical (unpaired) electrons. The van der Waals surface area contributed by atoms with Crippen LogP contribution < -0.4 is 10.2 Å². The van der Waals surface area contributed by atoms with Crippen molar-refractivity contribution in [3.05, 3.63) is 50.6 Å². The van der Waals surface area contributed by atoms with Crippen LogP contribution in [-0.4, -0.2) is 14.1 Å². The van der Waals surface area contributed by atoms with Crippen molar-refractivity contribution in [1.29, 1.82) is 0 Å². The van der Waals surface area contributed by atoms with Gasteiger partial charge in [0.2, 0.25) is 0 Å². The molecule has 0 saturated carbocycles. The summed E-state index contributed by atoms with van der Waals surface area (Å²) in [6.45, 7) is 3.11. The van der Waals surface area contributed by atoms with Crippen LogP contribution in [0.4, 0.5) is 5.69 Å².